The van der Waals surface area contributed by atoms with Crippen molar-refractivity contribution in [1.29, 1.82) is 0 Å². The third-order valence-electron chi connectivity index (χ3n) is 3.06. The Bertz CT molecular complexity index is 784. The Kier molecular flexibility index (Phi) is 5.05. The normalized spacial score (nSPS) is 11.6. The molecule has 0 fully saturated rings. The van der Waals surface area contributed by atoms with Crippen LogP contribution in [-0.2, 0) is 16.6 Å². The van der Waals surface area contributed by atoms with E-state index in [1.165, 1.54) is 20.2 Å². The number of aromatic nitrogens is 1. The van der Waals surface area contributed by atoms with E-state index < -0.39 is 10.0 Å². The third-order valence-corrected chi connectivity index (χ3v) is 5.44. The summed E-state index contributed by atoms with van der Waals surface area (Å²) in [6.45, 7) is 0.124. The van der Waals surface area contributed by atoms with Crippen LogP contribution in [0.4, 0.5) is 0 Å². The summed E-state index contributed by atoms with van der Waals surface area (Å²) in [6.07, 6.45) is 1.65. The highest BCUT2D eigenvalue weighted by atomic mass is 79.9. The molecular weight excluding hydrogens is 370 g/mol. The van der Waals surface area contributed by atoms with Crippen molar-refractivity contribution in [2.24, 2.45) is 0 Å². The molecule has 2 N–H and O–H groups in total. The quantitative estimate of drug-likeness (QED) is 0.824. The molecule has 0 spiro atoms. The van der Waals surface area contributed by atoms with Gasteiger partial charge in [0.05, 0.1) is 4.90 Å². The number of rotatable bonds is 5. The van der Waals surface area contributed by atoms with Crippen LogP contribution in [-0.4, -0.2) is 37.7 Å². The molecule has 0 aliphatic carbocycles. The predicted octanol–water partition coefficient (Wildman–Crippen LogP) is 1.96. The van der Waals surface area contributed by atoms with Crippen molar-refractivity contribution in [3.05, 3.63) is 52.3 Å². The Morgan fingerprint density at radius 1 is 1.32 bits per heavy atom. The lowest BCUT2D eigenvalue weighted by Gasteiger charge is -2.15. The Morgan fingerprint density at radius 3 is 2.59 bits per heavy atom. The predicted molar refractivity (Wildman–Crippen MR) is 87.0 cm³/mol. The maximum Gasteiger partial charge on any atom is 0.267 e. The van der Waals surface area contributed by atoms with Crippen molar-refractivity contribution in [2.45, 2.75) is 11.4 Å². The number of nitrogens with one attached hydrogen (secondary N) is 2. The molecule has 1 amide bonds. The number of hydrogen-bond acceptors (Lipinski definition) is 3. The van der Waals surface area contributed by atoms with Crippen LogP contribution in [0.3, 0.4) is 0 Å². The fourth-order valence-electron chi connectivity index (χ4n) is 1.87. The van der Waals surface area contributed by atoms with Crippen LogP contribution in [0, 0.1) is 0 Å². The van der Waals surface area contributed by atoms with Gasteiger partial charge in [-0.05, 0) is 33.6 Å². The highest BCUT2D eigenvalue weighted by Gasteiger charge is 2.21. The zero-order valence-electron chi connectivity index (χ0n) is 12.1. The first-order valence-corrected chi connectivity index (χ1v) is 8.68. The Morgan fingerprint density at radius 2 is 2.00 bits per heavy atom. The molecule has 1 heterocycles. The van der Waals surface area contributed by atoms with Crippen molar-refractivity contribution < 1.29 is 13.2 Å². The number of sulfonamides is 1. The highest BCUT2D eigenvalue weighted by Crippen LogP contribution is 2.18. The standard InChI is InChI=1S/C14H16BrN3O3S/c1-18(2)22(20,21)13-6-4-3-5-10(13)8-17-14(19)12-7-11(15)9-16-12/h3-7,9,16H,8H2,1-2H3,(H,17,19). The first kappa shape index (κ1) is 16.7. The van der Waals surface area contributed by atoms with Crippen LogP contribution < -0.4 is 5.32 Å². The molecule has 6 nitrogen and oxygen atoms in total. The summed E-state index contributed by atoms with van der Waals surface area (Å²) in [6, 6.07) is 8.26. The minimum Gasteiger partial charge on any atom is -0.356 e. The van der Waals surface area contributed by atoms with Gasteiger partial charge in [0.2, 0.25) is 10.0 Å². The zero-order chi connectivity index (χ0) is 16.3. The molecule has 1 aromatic carbocycles. The molecule has 1 aromatic heterocycles. The van der Waals surface area contributed by atoms with Crippen molar-refractivity contribution in [3.63, 3.8) is 0 Å². The second-order valence-corrected chi connectivity index (χ2v) is 7.85. The maximum absolute atomic E-state index is 12.3. The summed E-state index contributed by atoms with van der Waals surface area (Å²) in [7, 11) is -0.603. The SMILES string of the molecule is CN(C)S(=O)(=O)c1ccccc1CNC(=O)c1cc(Br)c[nH]1. The number of nitrogens with zero attached hydrogens (tertiary/aromatic N) is 1. The summed E-state index contributed by atoms with van der Waals surface area (Å²) in [4.78, 5) is 15.0. The van der Waals surface area contributed by atoms with Crippen molar-refractivity contribution in [3.8, 4) is 0 Å². The molecule has 0 aliphatic rings. The first-order chi connectivity index (χ1) is 10.3. The average Bonchev–Trinajstić information content (AvgIpc) is 2.91. The number of halogens is 1. The van der Waals surface area contributed by atoms with Gasteiger partial charge in [-0.3, -0.25) is 4.79 Å². The van der Waals surface area contributed by atoms with Crippen molar-refractivity contribution in [1.82, 2.24) is 14.6 Å². The van der Waals surface area contributed by atoms with E-state index in [0.717, 1.165) is 8.78 Å². The van der Waals surface area contributed by atoms with Gasteiger partial charge in [-0.15, -0.1) is 0 Å². The maximum atomic E-state index is 12.3. The van der Waals surface area contributed by atoms with Crippen molar-refractivity contribution >= 4 is 31.9 Å². The van der Waals surface area contributed by atoms with Gasteiger partial charge in [-0.25, -0.2) is 12.7 Å². The van der Waals surface area contributed by atoms with Gasteiger partial charge in [-0.2, -0.15) is 0 Å². The number of benzene rings is 1. The summed E-state index contributed by atoms with van der Waals surface area (Å²) in [5.41, 5.74) is 0.940. The minimum atomic E-state index is -3.55. The molecule has 0 atom stereocenters. The third kappa shape index (κ3) is 3.57. The van der Waals surface area contributed by atoms with Crippen LogP contribution in [0.1, 0.15) is 16.1 Å². The summed E-state index contributed by atoms with van der Waals surface area (Å²) < 4.78 is 26.5. The lowest BCUT2D eigenvalue weighted by atomic mass is 10.2. The number of carbonyl (C=O) groups excluding carboxylic acids is 1. The molecule has 22 heavy (non-hydrogen) atoms. The zero-order valence-corrected chi connectivity index (χ0v) is 14.5. The van der Waals surface area contributed by atoms with E-state index >= 15 is 0 Å². The molecule has 8 heteroatoms. The molecule has 0 saturated heterocycles. The van der Waals surface area contributed by atoms with Crippen LogP contribution in [0.2, 0.25) is 0 Å². The Balaban J connectivity index is 2.19. The van der Waals surface area contributed by atoms with E-state index in [9.17, 15) is 13.2 Å². The van der Waals surface area contributed by atoms with E-state index in [-0.39, 0.29) is 17.3 Å². The molecule has 118 valence electrons. The smallest absolute Gasteiger partial charge is 0.267 e. The fraction of sp³-hybridized carbons (Fsp3) is 0.214. The molecule has 2 rings (SSSR count). The van der Waals surface area contributed by atoms with Gasteiger partial charge in [0, 0.05) is 31.3 Å². The second kappa shape index (κ2) is 6.64. The van der Waals surface area contributed by atoms with Crippen LogP contribution in [0.25, 0.3) is 0 Å². The van der Waals surface area contributed by atoms with Gasteiger partial charge in [0.1, 0.15) is 5.69 Å². The van der Waals surface area contributed by atoms with E-state index in [1.807, 2.05) is 0 Å². The Hall–Kier alpha value is -1.64. The lowest BCUT2D eigenvalue weighted by Crippen LogP contribution is -2.27. The van der Waals surface area contributed by atoms with Gasteiger partial charge in [0.25, 0.3) is 5.91 Å². The second-order valence-electron chi connectivity index (χ2n) is 4.81. The van der Waals surface area contributed by atoms with Crippen LogP contribution in [0.15, 0.2) is 45.9 Å². The van der Waals surface area contributed by atoms with Gasteiger partial charge < -0.3 is 10.3 Å². The number of amides is 1. The molecule has 0 saturated carbocycles. The number of H-pyrrole nitrogens is 1. The first-order valence-electron chi connectivity index (χ1n) is 6.45. The monoisotopic (exact) mass is 385 g/mol. The fourth-order valence-corrected chi connectivity index (χ4v) is 3.33. The van der Waals surface area contributed by atoms with Crippen LogP contribution >= 0.6 is 15.9 Å². The van der Waals surface area contributed by atoms with Gasteiger partial charge >= 0.3 is 0 Å². The molecule has 0 aliphatic heterocycles. The number of hydrogen-bond donors (Lipinski definition) is 2. The van der Waals surface area contributed by atoms with Gasteiger partial charge in [-0.1, -0.05) is 18.2 Å². The minimum absolute atomic E-state index is 0.124. The lowest BCUT2D eigenvalue weighted by molar-refractivity contribution is 0.0946. The number of carbonyl (C=O) groups is 1. The van der Waals surface area contributed by atoms with Crippen molar-refractivity contribution in [2.75, 3.05) is 14.1 Å². The van der Waals surface area contributed by atoms with E-state index in [4.69, 9.17) is 0 Å². The number of aromatic amines is 1. The van der Waals surface area contributed by atoms with Gasteiger partial charge in [0.15, 0.2) is 0 Å². The van der Waals surface area contributed by atoms with E-state index in [0.29, 0.717) is 11.3 Å². The largest absolute Gasteiger partial charge is 0.356 e. The highest BCUT2D eigenvalue weighted by molar-refractivity contribution is 9.10. The summed E-state index contributed by atoms with van der Waals surface area (Å²) in [5, 5.41) is 2.71. The van der Waals surface area contributed by atoms with E-state index in [1.54, 1.807) is 30.5 Å². The Labute approximate surface area is 137 Å². The summed E-state index contributed by atoms with van der Waals surface area (Å²) >= 11 is 3.25. The molecule has 0 radical (unpaired) electrons. The molecular formula is C14H16BrN3O3S. The topological polar surface area (TPSA) is 82.3 Å². The van der Waals surface area contributed by atoms with E-state index in [2.05, 4.69) is 26.2 Å². The van der Waals surface area contributed by atoms with Crippen LogP contribution in [0.5, 0.6) is 0 Å². The molecule has 0 bridgehead atoms. The molecule has 2 aromatic rings. The molecule has 0 unspecified atom stereocenters. The average molecular weight is 386 g/mol. The summed E-state index contributed by atoms with van der Waals surface area (Å²) in [5.74, 6) is -0.303.